The fourth-order valence-electron chi connectivity index (χ4n) is 0.316. The van der Waals surface area contributed by atoms with E-state index in [4.69, 9.17) is 5.73 Å². The van der Waals surface area contributed by atoms with Crippen LogP contribution < -0.4 is 57.1 Å². The van der Waals surface area contributed by atoms with E-state index in [1.165, 1.54) is 0 Å². The minimum absolute atomic E-state index is 0. The third kappa shape index (κ3) is 9.70. The molecule has 0 aromatic rings. The molecule has 0 aliphatic carbocycles. The first-order valence-electron chi connectivity index (χ1n) is 2.61. The molecule has 0 saturated carbocycles. The van der Waals surface area contributed by atoms with Crippen LogP contribution in [0, 0.1) is 0 Å². The quantitative estimate of drug-likeness (QED) is 0.294. The summed E-state index contributed by atoms with van der Waals surface area (Å²) in [6, 6.07) is 0. The van der Waals surface area contributed by atoms with Crippen molar-refractivity contribution in [2.24, 2.45) is 5.73 Å². The van der Waals surface area contributed by atoms with Crippen molar-refractivity contribution in [3.05, 3.63) is 0 Å². The van der Waals surface area contributed by atoms with Crippen LogP contribution in [0.5, 0.6) is 0 Å². The Bertz CT molecular complexity index is 232. The molecule has 6 nitrogen and oxygen atoms in total. The standard InChI is InChI=1S/C3H9NO5S2.K.H/c4-1-2-11(7,8)9-3-10(5)6;;/h1-4H2,(H,5,6);;/q;+1;-1/p-1. The first kappa shape index (κ1) is 16.1. The SMILES string of the molecule is NCCS(=O)(=O)OCS(=O)[O-].[H-].[K+]. The van der Waals surface area contributed by atoms with Crippen molar-refractivity contribution in [3.63, 3.8) is 0 Å². The van der Waals surface area contributed by atoms with E-state index in [0.717, 1.165) is 0 Å². The van der Waals surface area contributed by atoms with Crippen LogP contribution in [0.1, 0.15) is 1.43 Å². The van der Waals surface area contributed by atoms with Gasteiger partial charge in [-0.2, -0.15) is 8.42 Å². The number of hydrogen-bond acceptors (Lipinski definition) is 6. The molecule has 2 N–H and O–H groups in total. The van der Waals surface area contributed by atoms with Crippen LogP contribution in [-0.2, 0) is 25.4 Å². The average Bonchev–Trinajstić information content (AvgIpc) is 1.84. The number of rotatable bonds is 5. The van der Waals surface area contributed by atoms with Gasteiger partial charge < -0.3 is 11.7 Å². The molecular formula is C3H9KNO5S2-. The van der Waals surface area contributed by atoms with Gasteiger partial charge >= 0.3 is 51.4 Å². The summed E-state index contributed by atoms with van der Waals surface area (Å²) in [4.78, 5) is 0. The number of nitrogens with two attached hydrogens (primary N) is 1. The third-order valence-corrected chi connectivity index (χ3v) is 2.36. The average molecular weight is 242 g/mol. The zero-order valence-corrected chi connectivity index (χ0v) is 11.3. The van der Waals surface area contributed by atoms with E-state index in [2.05, 4.69) is 4.18 Å². The molecule has 0 aliphatic heterocycles. The molecule has 0 fully saturated rings. The van der Waals surface area contributed by atoms with Gasteiger partial charge in [0.25, 0.3) is 10.1 Å². The predicted molar refractivity (Wildman–Crippen MR) is 38.8 cm³/mol. The molecule has 9 heteroatoms. The first-order chi connectivity index (χ1) is 4.98. The molecule has 1 unspecified atom stereocenters. The Morgan fingerprint density at radius 1 is 1.58 bits per heavy atom. The maximum atomic E-state index is 10.6. The van der Waals surface area contributed by atoms with Crippen LogP contribution >= 0.6 is 0 Å². The summed E-state index contributed by atoms with van der Waals surface area (Å²) < 4.78 is 44.8. The van der Waals surface area contributed by atoms with Gasteiger partial charge in [0.1, 0.15) is 5.94 Å². The van der Waals surface area contributed by atoms with Crippen molar-refractivity contribution in [3.8, 4) is 0 Å². The Kier molecular flexibility index (Phi) is 10.7. The van der Waals surface area contributed by atoms with Crippen molar-refractivity contribution < 1.29 is 74.2 Å². The van der Waals surface area contributed by atoms with E-state index < -0.39 is 27.1 Å². The van der Waals surface area contributed by atoms with Gasteiger partial charge in [-0.25, -0.2) is 0 Å². The summed E-state index contributed by atoms with van der Waals surface area (Å²) in [6.07, 6.45) is 0. The van der Waals surface area contributed by atoms with Crippen LogP contribution in [0.3, 0.4) is 0 Å². The summed E-state index contributed by atoms with van der Waals surface area (Å²) in [5, 5.41) is 0. The second-order valence-corrected chi connectivity index (χ2v) is 4.19. The summed E-state index contributed by atoms with van der Waals surface area (Å²) in [6.45, 7) is -0.0895. The van der Waals surface area contributed by atoms with Crippen molar-refractivity contribution in [1.29, 1.82) is 0 Å². The molecule has 0 radical (unpaired) electrons. The topological polar surface area (TPSA) is 110 Å². The van der Waals surface area contributed by atoms with Crippen LogP contribution in [0.4, 0.5) is 0 Å². The zero-order valence-electron chi connectivity index (χ0n) is 7.56. The van der Waals surface area contributed by atoms with Gasteiger partial charge in [-0.15, -0.1) is 0 Å². The third-order valence-electron chi connectivity index (χ3n) is 0.692. The van der Waals surface area contributed by atoms with Gasteiger partial charge in [0.05, 0.1) is 5.75 Å². The Balaban J connectivity index is -0.000000500. The Hall–Kier alpha value is 1.62. The molecule has 1 atom stereocenters. The summed E-state index contributed by atoms with van der Waals surface area (Å²) in [5.41, 5.74) is 4.91. The van der Waals surface area contributed by atoms with Crippen LogP contribution in [0.2, 0.25) is 0 Å². The zero-order chi connectivity index (χ0) is 8.91. The largest absolute Gasteiger partial charge is 1.00 e. The molecule has 0 amide bonds. The normalized spacial score (nSPS) is 13.5. The van der Waals surface area contributed by atoms with Crippen molar-refractivity contribution in [2.75, 3.05) is 18.2 Å². The van der Waals surface area contributed by atoms with E-state index >= 15 is 0 Å². The van der Waals surface area contributed by atoms with Crippen molar-refractivity contribution >= 4 is 21.2 Å². The molecule has 0 spiro atoms. The molecule has 70 valence electrons. The first-order valence-corrected chi connectivity index (χ1v) is 5.43. The van der Waals surface area contributed by atoms with Gasteiger partial charge in [-0.1, -0.05) is 0 Å². The van der Waals surface area contributed by atoms with Crippen LogP contribution in [-0.4, -0.2) is 35.4 Å². The van der Waals surface area contributed by atoms with Gasteiger partial charge in [0.15, 0.2) is 0 Å². The monoisotopic (exact) mass is 242 g/mol. The molecule has 0 rings (SSSR count). The smallest absolute Gasteiger partial charge is 1.00 e. The summed E-state index contributed by atoms with van der Waals surface area (Å²) in [7, 11) is -3.74. The van der Waals surface area contributed by atoms with Crippen molar-refractivity contribution in [1.82, 2.24) is 0 Å². The van der Waals surface area contributed by atoms with E-state index in [1.807, 2.05) is 0 Å². The van der Waals surface area contributed by atoms with Crippen LogP contribution in [0.25, 0.3) is 0 Å². The fraction of sp³-hybridized carbons (Fsp3) is 1.00. The van der Waals surface area contributed by atoms with E-state index in [1.54, 1.807) is 0 Å². The maximum absolute atomic E-state index is 10.6. The Labute approximate surface area is 118 Å². The molecular weight excluding hydrogens is 233 g/mol. The van der Waals surface area contributed by atoms with Gasteiger partial charge in [-0.3, -0.25) is 8.39 Å². The summed E-state index contributed by atoms with van der Waals surface area (Å²) >= 11 is -2.51. The molecule has 12 heavy (non-hydrogen) atoms. The molecule has 0 aromatic heterocycles. The predicted octanol–water partition coefficient (Wildman–Crippen LogP) is -4.76. The van der Waals surface area contributed by atoms with E-state index in [-0.39, 0.29) is 65.1 Å². The molecule has 0 heterocycles. The van der Waals surface area contributed by atoms with E-state index in [9.17, 15) is 17.2 Å². The van der Waals surface area contributed by atoms with Crippen LogP contribution in [0.15, 0.2) is 0 Å². The maximum Gasteiger partial charge on any atom is 1.00 e. The summed E-state index contributed by atoms with van der Waals surface area (Å²) in [5.74, 6) is -1.22. The fourth-order valence-corrected chi connectivity index (χ4v) is 1.62. The van der Waals surface area contributed by atoms with Gasteiger partial charge in [0.2, 0.25) is 0 Å². The number of hydrogen-bond donors (Lipinski definition) is 1. The molecule has 0 bridgehead atoms. The Morgan fingerprint density at radius 2 is 2.08 bits per heavy atom. The Morgan fingerprint density at radius 3 is 2.42 bits per heavy atom. The van der Waals surface area contributed by atoms with E-state index in [0.29, 0.717) is 0 Å². The van der Waals surface area contributed by atoms with Crippen molar-refractivity contribution in [2.45, 2.75) is 0 Å². The second kappa shape index (κ2) is 7.97. The van der Waals surface area contributed by atoms with Gasteiger partial charge in [-0.05, 0) is 11.1 Å². The van der Waals surface area contributed by atoms with Gasteiger partial charge in [0, 0.05) is 6.54 Å². The molecule has 0 aliphatic rings. The minimum Gasteiger partial charge on any atom is -1.00 e. The molecule has 0 aromatic carbocycles. The molecule has 0 saturated heterocycles. The second-order valence-electron chi connectivity index (χ2n) is 1.59. The minimum atomic E-state index is -3.74.